The minimum absolute atomic E-state index is 0.202. The number of aliphatic hydroxyl groups excluding tert-OH is 8. The third-order valence-corrected chi connectivity index (χ3v) is 14.8. The Bertz CT molecular complexity index is 1180. The summed E-state index contributed by atoms with van der Waals surface area (Å²) in [6.07, 6.45) is 29.9. The predicted molar refractivity (Wildman–Crippen MR) is 277 cm³/mol. The van der Waals surface area contributed by atoms with Gasteiger partial charge < -0.3 is 65.1 Å². The van der Waals surface area contributed by atoms with Gasteiger partial charge in [0, 0.05) is 6.42 Å². The molecule has 2 fully saturated rings. The number of hydrogen-bond acceptors (Lipinski definition) is 13. The Balaban J connectivity index is 1.66. The lowest BCUT2D eigenvalue weighted by atomic mass is 9.97. The molecule has 0 bridgehead atoms. The Morgan fingerprint density at radius 2 is 0.814 bits per heavy atom. The summed E-state index contributed by atoms with van der Waals surface area (Å²) in [4.78, 5) is 13.2. The van der Waals surface area contributed by atoms with E-state index in [2.05, 4.69) is 19.2 Å². The highest BCUT2D eigenvalue weighted by molar-refractivity contribution is 5.76. The number of carbonyl (C=O) groups excluding carboxylic acids is 1. The van der Waals surface area contributed by atoms with Gasteiger partial charge in [-0.2, -0.15) is 0 Å². The summed E-state index contributed by atoms with van der Waals surface area (Å²) in [5.74, 6) is -0.202. The lowest BCUT2D eigenvalue weighted by Gasteiger charge is -2.46. The van der Waals surface area contributed by atoms with Gasteiger partial charge >= 0.3 is 0 Å². The van der Waals surface area contributed by atoms with E-state index in [9.17, 15) is 45.6 Å². The Labute approximate surface area is 425 Å². The summed E-state index contributed by atoms with van der Waals surface area (Å²) in [7, 11) is 0. The lowest BCUT2D eigenvalue weighted by molar-refractivity contribution is -0.359. The van der Waals surface area contributed by atoms with Crippen LogP contribution in [0.3, 0.4) is 0 Å². The Kier molecular flexibility index (Phi) is 40.2. The first-order valence-corrected chi connectivity index (χ1v) is 29.3. The van der Waals surface area contributed by atoms with E-state index in [1.807, 2.05) is 0 Å². The smallest absolute Gasteiger partial charge is 0.220 e. The zero-order valence-corrected chi connectivity index (χ0v) is 44.5. The lowest BCUT2D eigenvalue weighted by Crippen LogP contribution is -2.65. The van der Waals surface area contributed by atoms with E-state index in [4.69, 9.17) is 18.9 Å². The Morgan fingerprint density at radius 1 is 0.457 bits per heavy atom. The molecule has 2 aliphatic rings. The van der Waals surface area contributed by atoms with Crippen molar-refractivity contribution in [2.24, 2.45) is 0 Å². The molecule has 2 heterocycles. The van der Waals surface area contributed by atoms with Gasteiger partial charge in [0.2, 0.25) is 5.91 Å². The van der Waals surface area contributed by atoms with Gasteiger partial charge in [0.05, 0.1) is 32.0 Å². The van der Waals surface area contributed by atoms with Crippen molar-refractivity contribution in [3.05, 3.63) is 0 Å². The van der Waals surface area contributed by atoms with Gasteiger partial charge in [-0.15, -0.1) is 0 Å². The average Bonchev–Trinajstić information content (AvgIpc) is 3.36. The van der Waals surface area contributed by atoms with Crippen LogP contribution in [-0.4, -0.2) is 140 Å². The number of amides is 1. The van der Waals surface area contributed by atoms with Crippen LogP contribution in [0.15, 0.2) is 0 Å². The summed E-state index contributed by atoms with van der Waals surface area (Å²) >= 11 is 0. The highest BCUT2D eigenvalue weighted by Gasteiger charge is 2.51. The monoisotopic (exact) mass is 1000 g/mol. The molecule has 12 atom stereocenters. The van der Waals surface area contributed by atoms with E-state index in [1.165, 1.54) is 180 Å². The second-order valence-electron chi connectivity index (χ2n) is 21.1. The molecule has 416 valence electrons. The summed E-state index contributed by atoms with van der Waals surface area (Å²) in [5.41, 5.74) is 0. The summed E-state index contributed by atoms with van der Waals surface area (Å²) < 4.78 is 22.8. The third-order valence-electron chi connectivity index (χ3n) is 14.8. The SMILES string of the molecule is CCCCCCCCCCCCCCCCCCCCCCCCCCCCC(=O)NC(COC1OC(CO)C(OC2OC(CO)C(O)C(O)C2O)C(O)C1O)C(O)CCCCCCCCCCCC. The molecule has 9 N–H and O–H groups in total. The normalized spacial score (nSPS) is 25.9. The molecule has 0 aromatic carbocycles. The molecule has 14 nitrogen and oxygen atoms in total. The minimum atomic E-state index is -1.78. The first-order valence-electron chi connectivity index (χ1n) is 29.3. The largest absolute Gasteiger partial charge is 0.394 e. The van der Waals surface area contributed by atoms with Crippen molar-refractivity contribution in [3.63, 3.8) is 0 Å². The molecular weight excluding hydrogens is 895 g/mol. The van der Waals surface area contributed by atoms with Crippen LogP contribution in [-0.2, 0) is 23.7 Å². The molecule has 14 heteroatoms. The predicted octanol–water partition coefficient (Wildman–Crippen LogP) is 9.34. The number of hydrogen-bond donors (Lipinski definition) is 9. The van der Waals surface area contributed by atoms with Crippen LogP contribution in [0.2, 0.25) is 0 Å². The van der Waals surface area contributed by atoms with E-state index < -0.39 is 86.8 Å². The molecular formula is C56H109NO13. The van der Waals surface area contributed by atoms with Crippen LogP contribution in [0.1, 0.15) is 258 Å². The molecule has 1 amide bonds. The molecule has 2 rings (SSSR count). The Hall–Kier alpha value is -1.01. The number of carbonyl (C=O) groups is 1. The van der Waals surface area contributed by atoms with Crippen molar-refractivity contribution in [3.8, 4) is 0 Å². The highest BCUT2D eigenvalue weighted by atomic mass is 16.7. The average molecular weight is 1000 g/mol. The molecule has 2 saturated heterocycles. The van der Waals surface area contributed by atoms with E-state index in [1.54, 1.807) is 0 Å². The van der Waals surface area contributed by atoms with Crippen LogP contribution in [0.25, 0.3) is 0 Å². The topological polar surface area (TPSA) is 228 Å². The number of nitrogens with one attached hydrogen (secondary N) is 1. The first kappa shape index (κ1) is 65.1. The van der Waals surface area contributed by atoms with Crippen molar-refractivity contribution >= 4 is 5.91 Å². The van der Waals surface area contributed by atoms with Crippen molar-refractivity contribution in [2.75, 3.05) is 19.8 Å². The molecule has 0 aliphatic carbocycles. The maximum absolute atomic E-state index is 13.2. The van der Waals surface area contributed by atoms with Crippen LogP contribution in [0.5, 0.6) is 0 Å². The van der Waals surface area contributed by atoms with Gasteiger partial charge in [0.1, 0.15) is 48.8 Å². The van der Waals surface area contributed by atoms with Crippen molar-refractivity contribution < 1.29 is 64.6 Å². The number of ether oxygens (including phenoxy) is 4. The van der Waals surface area contributed by atoms with Gasteiger partial charge in [-0.1, -0.05) is 239 Å². The number of rotatable bonds is 47. The number of unbranched alkanes of at least 4 members (excludes halogenated alkanes) is 34. The fourth-order valence-electron chi connectivity index (χ4n) is 10.1. The van der Waals surface area contributed by atoms with Gasteiger partial charge in [-0.25, -0.2) is 0 Å². The highest BCUT2D eigenvalue weighted by Crippen LogP contribution is 2.30. The number of aliphatic hydroxyl groups is 8. The third kappa shape index (κ3) is 29.2. The Morgan fingerprint density at radius 3 is 1.21 bits per heavy atom. The molecule has 70 heavy (non-hydrogen) atoms. The van der Waals surface area contributed by atoms with E-state index in [0.717, 1.165) is 51.4 Å². The zero-order valence-electron chi connectivity index (χ0n) is 44.5. The molecule has 0 saturated carbocycles. The fraction of sp³-hybridized carbons (Fsp3) is 0.982. The van der Waals surface area contributed by atoms with Crippen LogP contribution in [0.4, 0.5) is 0 Å². The van der Waals surface area contributed by atoms with Gasteiger partial charge in [-0.05, 0) is 12.8 Å². The van der Waals surface area contributed by atoms with E-state index in [-0.39, 0.29) is 12.5 Å². The summed E-state index contributed by atoms with van der Waals surface area (Å²) in [6, 6.07) is -0.821. The second kappa shape index (κ2) is 43.3. The van der Waals surface area contributed by atoms with Gasteiger partial charge in [-0.3, -0.25) is 4.79 Å². The first-order chi connectivity index (χ1) is 34.1. The van der Waals surface area contributed by atoms with Gasteiger partial charge in [0.25, 0.3) is 0 Å². The van der Waals surface area contributed by atoms with Crippen LogP contribution >= 0.6 is 0 Å². The maximum atomic E-state index is 13.2. The maximum Gasteiger partial charge on any atom is 0.220 e. The zero-order chi connectivity index (χ0) is 51.0. The van der Waals surface area contributed by atoms with E-state index >= 15 is 0 Å². The second-order valence-corrected chi connectivity index (χ2v) is 21.1. The molecule has 0 radical (unpaired) electrons. The van der Waals surface area contributed by atoms with Crippen LogP contribution in [0, 0.1) is 0 Å². The van der Waals surface area contributed by atoms with Crippen molar-refractivity contribution in [1.82, 2.24) is 5.32 Å². The molecule has 2 aliphatic heterocycles. The van der Waals surface area contributed by atoms with Crippen molar-refractivity contribution in [2.45, 2.75) is 331 Å². The van der Waals surface area contributed by atoms with Gasteiger partial charge in [0.15, 0.2) is 12.6 Å². The summed E-state index contributed by atoms with van der Waals surface area (Å²) in [5, 5.41) is 87.0. The molecule has 0 aromatic heterocycles. The minimum Gasteiger partial charge on any atom is -0.394 e. The summed E-state index contributed by atoms with van der Waals surface area (Å²) in [6.45, 7) is 2.86. The molecule has 0 aromatic rings. The van der Waals surface area contributed by atoms with Crippen molar-refractivity contribution in [1.29, 1.82) is 0 Å². The fourth-order valence-corrected chi connectivity index (χ4v) is 10.1. The molecule has 12 unspecified atom stereocenters. The standard InChI is InChI=1S/C56H109NO13/c1-3-5-7-9-11-13-15-16-17-18-19-20-21-22-23-24-25-26-27-28-29-30-32-34-36-38-40-48(61)57-44(45(60)39-37-35-33-31-14-12-10-8-6-4-2)43-67-55-53(66)51(64)54(47(42-59)69-55)70-56-52(65)50(63)49(62)46(41-58)68-56/h44-47,49-56,58-60,62-66H,3-43H2,1-2H3,(H,57,61). The van der Waals surface area contributed by atoms with Crippen LogP contribution < -0.4 is 5.32 Å². The molecule has 0 spiro atoms. The van der Waals surface area contributed by atoms with E-state index in [0.29, 0.717) is 12.8 Å². The quantitative estimate of drug-likeness (QED) is 0.0259.